The summed E-state index contributed by atoms with van der Waals surface area (Å²) in [5.74, 6) is 1.79. The Balaban J connectivity index is 0.000000528. The molecule has 4 rings (SSSR count). The molecular weight excluding hydrogens is 232 g/mol. The van der Waals surface area contributed by atoms with Crippen LogP contribution < -0.4 is 10.2 Å². The molecule has 1 N–H and O–H groups in total. The Morgan fingerprint density at radius 3 is 3.00 bits per heavy atom. The predicted molar refractivity (Wildman–Crippen MR) is 81.8 cm³/mol. The smallest absolute Gasteiger partial charge is 0.0447 e. The van der Waals surface area contributed by atoms with Crippen molar-refractivity contribution in [1.82, 2.24) is 5.32 Å². The molecule has 1 aromatic rings. The Kier molecular flexibility index (Phi) is 3.79. The molecule has 0 spiro atoms. The third-order valence-corrected chi connectivity index (χ3v) is 4.85. The first-order valence-corrected chi connectivity index (χ1v) is 8.01. The molecule has 2 aliphatic heterocycles. The molecule has 1 fully saturated rings. The minimum atomic E-state index is 0.860. The molecule has 2 atom stereocenters. The first kappa shape index (κ1) is 13.0. The fraction of sp³-hybridized carbons (Fsp3) is 0.647. The standard InChI is InChI=1S/C15H20N2.C2H6/c1-3-11-9-16-7-8-17-10-12-4-2-5-13(12)14(6-1)15(11)17;1-2/h1,3,6,12-13,16H,2,4-5,7-10H2;1-2H3. The fourth-order valence-corrected chi connectivity index (χ4v) is 4.12. The van der Waals surface area contributed by atoms with Crippen molar-refractivity contribution in [1.29, 1.82) is 0 Å². The summed E-state index contributed by atoms with van der Waals surface area (Å²) in [6.07, 6.45) is 4.30. The van der Waals surface area contributed by atoms with Gasteiger partial charge in [0, 0.05) is 31.9 Å². The molecule has 1 aromatic carbocycles. The van der Waals surface area contributed by atoms with Gasteiger partial charge in [-0.1, -0.05) is 38.5 Å². The van der Waals surface area contributed by atoms with Crippen LogP contribution in [0.4, 0.5) is 5.69 Å². The lowest BCUT2D eigenvalue weighted by molar-refractivity contribution is 0.454. The van der Waals surface area contributed by atoms with Crippen LogP contribution in [0, 0.1) is 5.92 Å². The van der Waals surface area contributed by atoms with Gasteiger partial charge in [-0.2, -0.15) is 0 Å². The van der Waals surface area contributed by atoms with E-state index in [9.17, 15) is 0 Å². The summed E-state index contributed by atoms with van der Waals surface area (Å²) in [6.45, 7) is 8.67. The molecule has 104 valence electrons. The SMILES string of the molecule is CC.c1cc2c3c(c1)C1CCCC1CN3CCNC2. The van der Waals surface area contributed by atoms with Crippen molar-refractivity contribution in [3.05, 3.63) is 29.3 Å². The van der Waals surface area contributed by atoms with Gasteiger partial charge >= 0.3 is 0 Å². The molecule has 0 aromatic heterocycles. The average Bonchev–Trinajstić information content (AvgIpc) is 2.84. The zero-order valence-electron chi connectivity index (χ0n) is 12.3. The van der Waals surface area contributed by atoms with Gasteiger partial charge in [-0.25, -0.2) is 0 Å². The number of benzene rings is 1. The summed E-state index contributed by atoms with van der Waals surface area (Å²) in [4.78, 5) is 2.65. The molecule has 0 amide bonds. The normalized spacial score (nSPS) is 27.8. The Morgan fingerprint density at radius 1 is 1.21 bits per heavy atom. The van der Waals surface area contributed by atoms with Gasteiger partial charge in [-0.05, 0) is 35.8 Å². The predicted octanol–water partition coefficient (Wildman–Crippen LogP) is 3.52. The quantitative estimate of drug-likeness (QED) is 0.766. The number of hydrogen-bond acceptors (Lipinski definition) is 2. The van der Waals surface area contributed by atoms with Gasteiger partial charge in [0.1, 0.15) is 0 Å². The van der Waals surface area contributed by atoms with Crippen molar-refractivity contribution < 1.29 is 0 Å². The van der Waals surface area contributed by atoms with Gasteiger partial charge in [0.2, 0.25) is 0 Å². The van der Waals surface area contributed by atoms with Crippen LogP contribution in [-0.2, 0) is 6.54 Å². The maximum atomic E-state index is 3.55. The Bertz CT molecular complexity index is 441. The first-order valence-electron chi connectivity index (χ1n) is 8.01. The first-order chi connectivity index (χ1) is 9.43. The lowest BCUT2D eigenvalue weighted by Crippen LogP contribution is -2.38. The summed E-state index contributed by atoms with van der Waals surface area (Å²) in [7, 11) is 0. The summed E-state index contributed by atoms with van der Waals surface area (Å²) < 4.78 is 0. The maximum Gasteiger partial charge on any atom is 0.0447 e. The molecule has 2 unspecified atom stereocenters. The van der Waals surface area contributed by atoms with Gasteiger partial charge in [-0.3, -0.25) is 0 Å². The van der Waals surface area contributed by atoms with Crippen LogP contribution in [-0.4, -0.2) is 19.6 Å². The largest absolute Gasteiger partial charge is 0.369 e. The maximum absolute atomic E-state index is 3.55. The number of anilines is 1. The van der Waals surface area contributed by atoms with E-state index in [0.29, 0.717) is 0 Å². The van der Waals surface area contributed by atoms with E-state index in [4.69, 9.17) is 0 Å². The number of fused-ring (bicyclic) bond motifs is 2. The van der Waals surface area contributed by atoms with E-state index in [-0.39, 0.29) is 0 Å². The molecule has 0 radical (unpaired) electrons. The highest BCUT2D eigenvalue weighted by atomic mass is 15.2. The van der Waals surface area contributed by atoms with Gasteiger partial charge in [0.25, 0.3) is 0 Å². The molecule has 2 nitrogen and oxygen atoms in total. The average molecular weight is 258 g/mol. The van der Waals surface area contributed by atoms with Crippen molar-refractivity contribution in [2.75, 3.05) is 24.5 Å². The summed E-state index contributed by atoms with van der Waals surface area (Å²) >= 11 is 0. The van der Waals surface area contributed by atoms with Crippen LogP contribution in [0.25, 0.3) is 0 Å². The number of nitrogens with one attached hydrogen (secondary N) is 1. The van der Waals surface area contributed by atoms with Gasteiger partial charge in [0.15, 0.2) is 0 Å². The summed E-state index contributed by atoms with van der Waals surface area (Å²) in [6, 6.07) is 6.96. The van der Waals surface area contributed by atoms with Crippen molar-refractivity contribution in [2.45, 2.75) is 45.6 Å². The minimum absolute atomic E-state index is 0.860. The molecule has 2 heteroatoms. The highest BCUT2D eigenvalue weighted by molar-refractivity contribution is 5.64. The molecule has 3 aliphatic rings. The van der Waals surface area contributed by atoms with Crippen LogP contribution in [0.5, 0.6) is 0 Å². The number of para-hydroxylation sites is 1. The van der Waals surface area contributed by atoms with Crippen LogP contribution in [0.1, 0.15) is 50.2 Å². The molecule has 19 heavy (non-hydrogen) atoms. The lowest BCUT2D eigenvalue weighted by Gasteiger charge is -2.38. The highest BCUT2D eigenvalue weighted by Gasteiger charge is 2.37. The molecule has 2 heterocycles. The second-order valence-electron chi connectivity index (χ2n) is 5.78. The number of nitrogens with zero attached hydrogens (tertiary/aromatic N) is 1. The van der Waals surface area contributed by atoms with Crippen molar-refractivity contribution in [3.63, 3.8) is 0 Å². The fourth-order valence-electron chi connectivity index (χ4n) is 4.12. The lowest BCUT2D eigenvalue weighted by atomic mass is 9.82. The van der Waals surface area contributed by atoms with Crippen molar-refractivity contribution >= 4 is 5.69 Å². The monoisotopic (exact) mass is 258 g/mol. The van der Waals surface area contributed by atoms with Crippen LogP contribution in [0.2, 0.25) is 0 Å². The highest BCUT2D eigenvalue weighted by Crippen LogP contribution is 2.48. The molecule has 1 aliphatic carbocycles. The van der Waals surface area contributed by atoms with E-state index >= 15 is 0 Å². The van der Waals surface area contributed by atoms with Crippen molar-refractivity contribution in [2.24, 2.45) is 5.92 Å². The topological polar surface area (TPSA) is 15.3 Å². The zero-order valence-corrected chi connectivity index (χ0v) is 12.3. The second kappa shape index (κ2) is 5.54. The van der Waals surface area contributed by atoms with Crippen molar-refractivity contribution in [3.8, 4) is 0 Å². The van der Waals surface area contributed by atoms with E-state index in [1.807, 2.05) is 13.8 Å². The van der Waals surface area contributed by atoms with Gasteiger partial charge in [-0.15, -0.1) is 0 Å². The van der Waals surface area contributed by atoms with Gasteiger partial charge in [0.05, 0.1) is 0 Å². The van der Waals surface area contributed by atoms with E-state index < -0.39 is 0 Å². The van der Waals surface area contributed by atoms with E-state index in [2.05, 4.69) is 28.4 Å². The minimum Gasteiger partial charge on any atom is -0.369 e. The van der Waals surface area contributed by atoms with E-state index in [1.54, 1.807) is 11.3 Å². The van der Waals surface area contributed by atoms with Gasteiger partial charge < -0.3 is 10.2 Å². The second-order valence-corrected chi connectivity index (χ2v) is 5.78. The Morgan fingerprint density at radius 2 is 2.11 bits per heavy atom. The summed E-state index contributed by atoms with van der Waals surface area (Å²) in [5, 5.41) is 3.55. The number of hydrogen-bond donors (Lipinski definition) is 1. The molecule has 1 saturated carbocycles. The molecule has 0 bridgehead atoms. The zero-order chi connectivity index (χ0) is 13.2. The Labute approximate surface area is 117 Å². The van der Waals surface area contributed by atoms with Crippen LogP contribution in [0.3, 0.4) is 0 Å². The third-order valence-electron chi connectivity index (χ3n) is 4.85. The summed E-state index contributed by atoms with van der Waals surface area (Å²) in [5.41, 5.74) is 4.76. The molecule has 0 saturated heterocycles. The van der Waals surface area contributed by atoms with E-state index in [0.717, 1.165) is 24.9 Å². The molecular formula is C17H26N2. The number of rotatable bonds is 0. The Hall–Kier alpha value is -1.02. The van der Waals surface area contributed by atoms with Crippen LogP contribution >= 0.6 is 0 Å². The van der Waals surface area contributed by atoms with E-state index in [1.165, 1.54) is 37.9 Å². The third kappa shape index (κ3) is 2.16. The van der Waals surface area contributed by atoms with Crippen LogP contribution in [0.15, 0.2) is 18.2 Å².